The number of piperidine rings is 1. The Morgan fingerprint density at radius 1 is 1.12 bits per heavy atom. The first kappa shape index (κ1) is 13.2. The summed E-state index contributed by atoms with van der Waals surface area (Å²) in [6, 6.07) is -0.281. The Morgan fingerprint density at radius 2 is 1.76 bits per heavy atom. The second kappa shape index (κ2) is 5.17. The van der Waals surface area contributed by atoms with Gasteiger partial charge in [0.25, 0.3) is 10.2 Å². The van der Waals surface area contributed by atoms with Gasteiger partial charge >= 0.3 is 0 Å². The van der Waals surface area contributed by atoms with Gasteiger partial charge in [0.05, 0.1) is 11.0 Å². The molecule has 2 rings (SSSR count). The van der Waals surface area contributed by atoms with E-state index in [0.29, 0.717) is 24.6 Å². The summed E-state index contributed by atoms with van der Waals surface area (Å²) < 4.78 is 27.9. The zero-order valence-electron chi connectivity index (χ0n) is 9.84. The lowest BCUT2D eigenvalue weighted by molar-refractivity contribution is 0.309. The predicted octanol–water partition coefficient (Wildman–Crippen LogP) is 0.468. The number of hydrogen-bond acceptors (Lipinski definition) is 3. The van der Waals surface area contributed by atoms with Gasteiger partial charge in [-0.1, -0.05) is 18.6 Å². The monoisotopic (exact) mass is 277 g/mol. The third-order valence-electron chi connectivity index (χ3n) is 3.47. The first-order chi connectivity index (χ1) is 8.03. The van der Waals surface area contributed by atoms with Crippen LogP contribution in [0, 0.1) is 0 Å². The van der Waals surface area contributed by atoms with E-state index < -0.39 is 10.2 Å². The Morgan fingerprint density at radius 3 is 2.35 bits per heavy atom. The molecule has 2 heterocycles. The van der Waals surface area contributed by atoms with E-state index in [1.165, 1.54) is 4.31 Å². The molecule has 7 heteroatoms. The maximum absolute atomic E-state index is 12.4. The molecule has 0 amide bonds. The normalized spacial score (nSPS) is 28.4. The lowest BCUT2D eigenvalue weighted by Crippen LogP contribution is -2.50. The zero-order valence-corrected chi connectivity index (χ0v) is 11.5. The van der Waals surface area contributed by atoms with Crippen molar-refractivity contribution in [2.24, 2.45) is 5.73 Å². The van der Waals surface area contributed by atoms with Crippen LogP contribution in [0.4, 0.5) is 0 Å². The molecule has 1 unspecified atom stereocenters. The molecule has 0 bridgehead atoms. The Balaban J connectivity index is 2.16. The van der Waals surface area contributed by atoms with Gasteiger partial charge in [0.2, 0.25) is 0 Å². The summed E-state index contributed by atoms with van der Waals surface area (Å²) in [5.74, 6) is 0. The topological polar surface area (TPSA) is 66.6 Å². The summed E-state index contributed by atoms with van der Waals surface area (Å²) in [5, 5.41) is 0. The van der Waals surface area contributed by atoms with E-state index in [2.05, 4.69) is 0 Å². The van der Waals surface area contributed by atoms with Crippen molar-refractivity contribution < 1.29 is 8.42 Å². The van der Waals surface area contributed by atoms with E-state index in [4.69, 9.17) is 18.0 Å². The third-order valence-corrected chi connectivity index (χ3v) is 5.79. The molecule has 0 aromatic carbocycles. The molecular formula is C10H19N3O2S2. The van der Waals surface area contributed by atoms with Gasteiger partial charge < -0.3 is 5.73 Å². The van der Waals surface area contributed by atoms with Crippen LogP contribution in [0.15, 0.2) is 0 Å². The van der Waals surface area contributed by atoms with Crippen molar-refractivity contribution in [3.8, 4) is 0 Å². The summed E-state index contributed by atoms with van der Waals surface area (Å²) in [6.07, 6.45) is 4.61. The number of nitrogens with zero attached hydrogens (tertiary/aromatic N) is 2. The fourth-order valence-corrected chi connectivity index (χ4v) is 4.77. The summed E-state index contributed by atoms with van der Waals surface area (Å²) >= 11 is 4.96. The van der Waals surface area contributed by atoms with Crippen LogP contribution in [-0.4, -0.2) is 47.7 Å². The molecule has 98 valence electrons. The fraction of sp³-hybridized carbons (Fsp3) is 0.900. The molecule has 5 nitrogen and oxygen atoms in total. The Bertz CT molecular complexity index is 390. The smallest absolute Gasteiger partial charge is 0.282 e. The number of rotatable bonds is 3. The highest BCUT2D eigenvalue weighted by atomic mass is 32.2. The maximum atomic E-state index is 12.4. The van der Waals surface area contributed by atoms with Gasteiger partial charge in [0, 0.05) is 19.6 Å². The second-order valence-electron chi connectivity index (χ2n) is 4.64. The van der Waals surface area contributed by atoms with Crippen molar-refractivity contribution in [1.82, 2.24) is 8.61 Å². The molecule has 2 saturated heterocycles. The molecule has 2 aliphatic rings. The van der Waals surface area contributed by atoms with Crippen LogP contribution in [0.2, 0.25) is 0 Å². The number of nitrogens with two attached hydrogens (primary N) is 1. The van der Waals surface area contributed by atoms with Crippen LogP contribution >= 0.6 is 12.2 Å². The highest BCUT2D eigenvalue weighted by Crippen LogP contribution is 2.25. The van der Waals surface area contributed by atoms with Crippen molar-refractivity contribution in [3.05, 3.63) is 0 Å². The van der Waals surface area contributed by atoms with Crippen molar-refractivity contribution >= 4 is 27.4 Å². The van der Waals surface area contributed by atoms with Gasteiger partial charge in [-0.25, -0.2) is 0 Å². The van der Waals surface area contributed by atoms with Gasteiger partial charge in [0.1, 0.15) is 0 Å². The highest BCUT2D eigenvalue weighted by molar-refractivity contribution is 7.87. The van der Waals surface area contributed by atoms with Crippen molar-refractivity contribution in [2.75, 3.05) is 19.6 Å². The van der Waals surface area contributed by atoms with E-state index >= 15 is 0 Å². The van der Waals surface area contributed by atoms with Crippen LogP contribution in [0.25, 0.3) is 0 Å². The van der Waals surface area contributed by atoms with E-state index in [9.17, 15) is 8.42 Å². The van der Waals surface area contributed by atoms with Gasteiger partial charge in [-0.05, 0) is 25.7 Å². The van der Waals surface area contributed by atoms with E-state index in [1.807, 2.05) is 0 Å². The summed E-state index contributed by atoms with van der Waals surface area (Å²) in [7, 11) is -3.36. The van der Waals surface area contributed by atoms with Gasteiger partial charge in [-0.2, -0.15) is 17.0 Å². The first-order valence-corrected chi connectivity index (χ1v) is 7.90. The largest absolute Gasteiger partial charge is 0.392 e. The summed E-state index contributed by atoms with van der Waals surface area (Å²) in [6.45, 7) is 1.80. The standard InChI is InChI=1S/C10H19N3O2S2/c11-10(16)9-5-4-8-13(9)17(14,15)12-6-2-1-3-7-12/h9H,1-8H2,(H2,11,16). The number of hydrogen-bond donors (Lipinski definition) is 1. The van der Waals surface area contributed by atoms with Crippen LogP contribution in [-0.2, 0) is 10.2 Å². The minimum Gasteiger partial charge on any atom is -0.392 e. The number of thiocarbonyl (C=S) groups is 1. The Kier molecular flexibility index (Phi) is 4.02. The molecule has 0 aromatic heterocycles. The Hall–Kier alpha value is -0.240. The van der Waals surface area contributed by atoms with E-state index in [0.717, 1.165) is 32.1 Å². The third kappa shape index (κ3) is 2.62. The molecule has 0 spiro atoms. The van der Waals surface area contributed by atoms with Gasteiger partial charge in [0.15, 0.2) is 0 Å². The van der Waals surface area contributed by atoms with Crippen molar-refractivity contribution in [1.29, 1.82) is 0 Å². The van der Waals surface area contributed by atoms with Crippen LogP contribution in [0.5, 0.6) is 0 Å². The lowest BCUT2D eigenvalue weighted by atomic mass is 10.2. The van der Waals surface area contributed by atoms with Crippen molar-refractivity contribution in [2.45, 2.75) is 38.1 Å². The van der Waals surface area contributed by atoms with E-state index in [-0.39, 0.29) is 6.04 Å². The second-order valence-corrected chi connectivity index (χ2v) is 6.99. The molecule has 0 aliphatic carbocycles. The molecule has 17 heavy (non-hydrogen) atoms. The van der Waals surface area contributed by atoms with E-state index in [1.54, 1.807) is 4.31 Å². The minimum absolute atomic E-state index is 0.281. The molecule has 2 aliphatic heterocycles. The highest BCUT2D eigenvalue weighted by Gasteiger charge is 2.39. The first-order valence-electron chi connectivity index (χ1n) is 6.10. The quantitative estimate of drug-likeness (QED) is 0.762. The average Bonchev–Trinajstić information content (AvgIpc) is 2.80. The zero-order chi connectivity index (χ0) is 12.5. The fourth-order valence-electron chi connectivity index (χ4n) is 2.54. The minimum atomic E-state index is -3.36. The summed E-state index contributed by atoms with van der Waals surface area (Å²) in [5.41, 5.74) is 5.62. The molecular weight excluding hydrogens is 258 g/mol. The molecule has 1 atom stereocenters. The molecule has 2 N–H and O–H groups in total. The Labute approximate surface area is 108 Å². The molecule has 0 saturated carbocycles. The van der Waals surface area contributed by atoms with Crippen LogP contribution in [0.3, 0.4) is 0 Å². The summed E-state index contributed by atoms with van der Waals surface area (Å²) in [4.78, 5) is 0.295. The molecule has 2 fully saturated rings. The lowest BCUT2D eigenvalue weighted by Gasteiger charge is -2.32. The van der Waals surface area contributed by atoms with Gasteiger partial charge in [-0.3, -0.25) is 0 Å². The van der Waals surface area contributed by atoms with Crippen LogP contribution in [0.1, 0.15) is 32.1 Å². The maximum Gasteiger partial charge on any atom is 0.282 e. The average molecular weight is 277 g/mol. The molecule has 0 radical (unpaired) electrons. The molecule has 0 aromatic rings. The van der Waals surface area contributed by atoms with Crippen LogP contribution < -0.4 is 5.73 Å². The SMILES string of the molecule is NC(=S)C1CCCN1S(=O)(=O)N1CCCCC1. The predicted molar refractivity (Wildman–Crippen MR) is 70.9 cm³/mol. The van der Waals surface area contributed by atoms with Gasteiger partial charge in [-0.15, -0.1) is 0 Å². The van der Waals surface area contributed by atoms with Crippen molar-refractivity contribution in [3.63, 3.8) is 0 Å².